The van der Waals surface area contributed by atoms with Crippen LogP contribution in [-0.4, -0.2) is 51.3 Å². The fourth-order valence-electron chi connectivity index (χ4n) is 7.21. The van der Waals surface area contributed by atoms with Crippen LogP contribution in [0.15, 0.2) is 48.5 Å². The SMILES string of the molecule is Br.Cc1nc2ccccc2n1C1CC2CCC(C1)N2CCC1(c2cccc(O)c2)CCNCC1. The smallest absolute Gasteiger partial charge is 0.115 e. The molecule has 6 heteroatoms. The Balaban J connectivity index is 0.00000241. The van der Waals surface area contributed by atoms with Crippen LogP contribution in [0.1, 0.15) is 62.4 Å². The van der Waals surface area contributed by atoms with Gasteiger partial charge in [-0.3, -0.25) is 4.90 Å². The van der Waals surface area contributed by atoms with Gasteiger partial charge in [0.2, 0.25) is 0 Å². The van der Waals surface area contributed by atoms with Crippen molar-refractivity contribution in [3.05, 3.63) is 59.9 Å². The van der Waals surface area contributed by atoms with Crippen LogP contribution in [0.4, 0.5) is 0 Å². The molecule has 2 N–H and O–H groups in total. The van der Waals surface area contributed by atoms with Crippen molar-refractivity contribution >= 4 is 28.0 Å². The number of fused-ring (bicyclic) bond motifs is 3. The highest BCUT2D eigenvalue weighted by atomic mass is 79.9. The van der Waals surface area contributed by atoms with Crippen molar-refractivity contribution < 1.29 is 5.11 Å². The Hall–Kier alpha value is -1.89. The van der Waals surface area contributed by atoms with E-state index >= 15 is 0 Å². The van der Waals surface area contributed by atoms with Crippen LogP contribution in [-0.2, 0) is 5.41 Å². The first-order valence-corrected chi connectivity index (χ1v) is 12.8. The van der Waals surface area contributed by atoms with E-state index in [9.17, 15) is 5.11 Å². The summed E-state index contributed by atoms with van der Waals surface area (Å²) in [5.41, 5.74) is 3.93. The Labute approximate surface area is 213 Å². The van der Waals surface area contributed by atoms with Crippen molar-refractivity contribution in [3.63, 3.8) is 0 Å². The number of piperidine rings is 2. The molecule has 182 valence electrons. The molecule has 0 aliphatic carbocycles. The van der Waals surface area contributed by atoms with E-state index in [4.69, 9.17) is 4.98 Å². The van der Waals surface area contributed by atoms with Gasteiger partial charge < -0.3 is 15.0 Å². The third-order valence-corrected chi connectivity index (χ3v) is 8.86. The van der Waals surface area contributed by atoms with Crippen LogP contribution in [0.5, 0.6) is 5.75 Å². The number of rotatable bonds is 5. The van der Waals surface area contributed by atoms with Crippen LogP contribution < -0.4 is 5.32 Å². The van der Waals surface area contributed by atoms with Crippen LogP contribution in [0.2, 0.25) is 0 Å². The largest absolute Gasteiger partial charge is 0.508 e. The third-order valence-electron chi connectivity index (χ3n) is 8.86. The quantitative estimate of drug-likeness (QED) is 0.462. The molecule has 3 aromatic rings. The molecule has 2 unspecified atom stereocenters. The number of hydrogen-bond acceptors (Lipinski definition) is 4. The fourth-order valence-corrected chi connectivity index (χ4v) is 7.21. The molecule has 0 radical (unpaired) electrons. The number of nitrogens with one attached hydrogen (secondary N) is 1. The molecule has 6 rings (SSSR count). The second-order valence-corrected chi connectivity index (χ2v) is 10.6. The van der Waals surface area contributed by atoms with Gasteiger partial charge in [-0.25, -0.2) is 4.98 Å². The molecule has 4 heterocycles. The Morgan fingerprint density at radius 1 is 1.00 bits per heavy atom. The van der Waals surface area contributed by atoms with Gasteiger partial charge in [-0.2, -0.15) is 0 Å². The van der Waals surface area contributed by atoms with Crippen LogP contribution >= 0.6 is 17.0 Å². The summed E-state index contributed by atoms with van der Waals surface area (Å²) in [7, 11) is 0. The number of benzene rings is 2. The molecule has 2 bridgehead atoms. The lowest BCUT2D eigenvalue weighted by molar-refractivity contribution is 0.0928. The Bertz CT molecular complexity index is 1120. The minimum absolute atomic E-state index is 0. The highest BCUT2D eigenvalue weighted by Crippen LogP contribution is 2.44. The molecule has 0 spiro atoms. The first-order chi connectivity index (χ1) is 16.1. The van der Waals surface area contributed by atoms with Crippen molar-refractivity contribution in [3.8, 4) is 5.75 Å². The van der Waals surface area contributed by atoms with Crippen LogP contribution in [0.3, 0.4) is 0 Å². The van der Waals surface area contributed by atoms with Crippen molar-refractivity contribution in [2.24, 2.45) is 0 Å². The monoisotopic (exact) mass is 524 g/mol. The number of phenolic OH excluding ortho intramolecular Hbond substituents is 1. The van der Waals surface area contributed by atoms with Crippen molar-refractivity contribution in [2.45, 2.75) is 75.4 Å². The lowest BCUT2D eigenvalue weighted by atomic mass is 9.70. The standard InChI is InChI=1S/C28H36N4O.BrH/c1-20-30-26-7-2-3-8-27(26)32(20)24-18-22-9-10-23(19-24)31(22)16-13-28(11-14-29-15-12-28)21-5-4-6-25(33)17-21;/h2-8,17,22-24,29,33H,9-16,18-19H2,1H3;1H. The topological polar surface area (TPSA) is 53.3 Å². The van der Waals surface area contributed by atoms with Crippen molar-refractivity contribution in [1.29, 1.82) is 0 Å². The van der Waals surface area contributed by atoms with E-state index in [-0.39, 0.29) is 22.4 Å². The molecule has 3 fully saturated rings. The zero-order valence-corrected chi connectivity index (χ0v) is 21.8. The highest BCUT2D eigenvalue weighted by molar-refractivity contribution is 8.93. The van der Waals surface area contributed by atoms with Gasteiger partial charge in [-0.15, -0.1) is 17.0 Å². The lowest BCUT2D eigenvalue weighted by Crippen LogP contribution is -2.47. The number of aromatic nitrogens is 2. The van der Waals surface area contributed by atoms with Gasteiger partial charge in [0.25, 0.3) is 0 Å². The summed E-state index contributed by atoms with van der Waals surface area (Å²) in [6.45, 7) is 5.47. The number of imidazole rings is 1. The fraction of sp³-hybridized carbons (Fsp3) is 0.536. The molecule has 1 aromatic heterocycles. The predicted molar refractivity (Wildman–Crippen MR) is 143 cm³/mol. The predicted octanol–water partition coefficient (Wildman–Crippen LogP) is 5.51. The number of hydrogen-bond donors (Lipinski definition) is 2. The van der Waals surface area contributed by atoms with Gasteiger partial charge in [0.15, 0.2) is 0 Å². The third kappa shape index (κ3) is 4.18. The summed E-state index contributed by atoms with van der Waals surface area (Å²) in [5.74, 6) is 1.56. The van der Waals surface area contributed by atoms with Gasteiger partial charge in [-0.05, 0) is 107 Å². The van der Waals surface area contributed by atoms with Crippen molar-refractivity contribution in [2.75, 3.05) is 19.6 Å². The first kappa shape index (κ1) is 23.8. The summed E-state index contributed by atoms with van der Waals surface area (Å²) >= 11 is 0. The Kier molecular flexibility index (Phi) is 6.75. The number of phenols is 1. The average Bonchev–Trinajstić information content (AvgIpc) is 3.29. The summed E-state index contributed by atoms with van der Waals surface area (Å²) in [4.78, 5) is 7.69. The van der Waals surface area contributed by atoms with Gasteiger partial charge in [0.1, 0.15) is 11.6 Å². The van der Waals surface area contributed by atoms with E-state index in [1.807, 2.05) is 12.1 Å². The molecule has 3 aliphatic heterocycles. The maximum Gasteiger partial charge on any atom is 0.115 e. The molecule has 2 atom stereocenters. The number of halogens is 1. The van der Waals surface area contributed by atoms with E-state index in [1.165, 1.54) is 49.7 Å². The molecule has 3 aliphatic rings. The van der Waals surface area contributed by atoms with E-state index in [0.717, 1.165) is 37.3 Å². The van der Waals surface area contributed by atoms with Crippen molar-refractivity contribution in [1.82, 2.24) is 19.8 Å². The minimum atomic E-state index is 0. The second-order valence-electron chi connectivity index (χ2n) is 10.6. The zero-order chi connectivity index (χ0) is 22.4. The average molecular weight is 526 g/mol. The first-order valence-electron chi connectivity index (χ1n) is 12.8. The lowest BCUT2D eigenvalue weighted by Gasteiger charge is -2.44. The molecule has 34 heavy (non-hydrogen) atoms. The molecule has 5 nitrogen and oxygen atoms in total. The summed E-state index contributed by atoms with van der Waals surface area (Å²) < 4.78 is 2.53. The Morgan fingerprint density at radius 2 is 1.74 bits per heavy atom. The van der Waals surface area contributed by atoms with E-state index < -0.39 is 0 Å². The normalized spacial score (nSPS) is 26.4. The van der Waals surface area contributed by atoms with Gasteiger partial charge in [-0.1, -0.05) is 24.3 Å². The Morgan fingerprint density at radius 3 is 2.47 bits per heavy atom. The maximum atomic E-state index is 10.2. The van der Waals surface area contributed by atoms with Crippen LogP contribution in [0.25, 0.3) is 11.0 Å². The van der Waals surface area contributed by atoms with E-state index in [2.05, 4.69) is 52.0 Å². The van der Waals surface area contributed by atoms with Gasteiger partial charge >= 0.3 is 0 Å². The van der Waals surface area contributed by atoms with Crippen LogP contribution in [0, 0.1) is 6.92 Å². The molecule has 0 amide bonds. The molecule has 2 aromatic carbocycles. The highest BCUT2D eigenvalue weighted by Gasteiger charge is 2.43. The summed E-state index contributed by atoms with van der Waals surface area (Å²) in [6, 6.07) is 18.6. The minimum Gasteiger partial charge on any atom is -0.508 e. The van der Waals surface area contributed by atoms with Gasteiger partial charge in [0.05, 0.1) is 11.0 Å². The molecule has 0 saturated carbocycles. The molecular weight excluding hydrogens is 488 g/mol. The number of aromatic hydroxyl groups is 1. The maximum absolute atomic E-state index is 10.2. The zero-order valence-electron chi connectivity index (χ0n) is 20.1. The summed E-state index contributed by atoms with van der Waals surface area (Å²) in [6.07, 6.45) is 8.62. The number of para-hydroxylation sites is 2. The summed E-state index contributed by atoms with van der Waals surface area (Å²) in [5, 5.41) is 13.7. The number of aryl methyl sites for hydroxylation is 1. The van der Waals surface area contributed by atoms with Gasteiger partial charge in [0, 0.05) is 18.1 Å². The molecular formula is C28H37BrN4O. The van der Waals surface area contributed by atoms with E-state index in [0.29, 0.717) is 23.9 Å². The molecule has 3 saturated heterocycles. The van der Waals surface area contributed by atoms with E-state index in [1.54, 1.807) is 6.07 Å². The second kappa shape index (κ2) is 9.63. The number of nitrogens with zero attached hydrogens (tertiary/aromatic N) is 3.